The van der Waals surface area contributed by atoms with Gasteiger partial charge in [-0.1, -0.05) is 36.4 Å². The van der Waals surface area contributed by atoms with Crippen LogP contribution in [0.3, 0.4) is 0 Å². The van der Waals surface area contributed by atoms with Crippen LogP contribution in [0.15, 0.2) is 105 Å². The zero-order valence-corrected chi connectivity index (χ0v) is 13.2. The molecule has 0 aliphatic heterocycles. The molecule has 0 unspecified atom stereocenters. The highest BCUT2D eigenvalue weighted by atomic mass is 32.2. The molecular weight excluding hydrogens is 296 g/mol. The van der Waals surface area contributed by atoms with Gasteiger partial charge < -0.3 is 0 Å². The molecule has 3 aromatic rings. The topological polar surface area (TPSA) is 17.1 Å². The van der Waals surface area contributed by atoms with E-state index in [1.165, 1.54) is 0 Å². The van der Waals surface area contributed by atoms with Gasteiger partial charge in [0.1, 0.15) is 0 Å². The van der Waals surface area contributed by atoms with Gasteiger partial charge in [0.2, 0.25) is 0 Å². The van der Waals surface area contributed by atoms with Gasteiger partial charge in [-0.2, -0.15) is 0 Å². The molecule has 0 N–H and O–H groups in total. The van der Waals surface area contributed by atoms with E-state index in [1.54, 1.807) is 0 Å². The average molecular weight is 312 g/mol. The molecule has 0 saturated carbocycles. The van der Waals surface area contributed by atoms with Crippen molar-refractivity contribution in [2.75, 3.05) is 0 Å². The predicted octanol–water partition coefficient (Wildman–Crippen LogP) is 4.47. The van der Waals surface area contributed by atoms with Crippen LogP contribution in [-0.4, -0.2) is 4.21 Å². The lowest BCUT2D eigenvalue weighted by molar-refractivity contribution is 0.669. The number of benzene rings is 3. The molecule has 0 aliphatic carbocycles. The summed E-state index contributed by atoms with van der Waals surface area (Å²) in [6, 6.07) is 26.9. The summed E-state index contributed by atoms with van der Waals surface area (Å²) in [6.45, 7) is 0. The van der Waals surface area contributed by atoms with Gasteiger partial charge in [-0.15, -0.1) is 12.6 Å². The zero-order chi connectivity index (χ0) is 14.7. The highest BCUT2D eigenvalue weighted by Crippen LogP contribution is 2.36. The van der Waals surface area contributed by atoms with E-state index < -0.39 is 9.93 Å². The Morgan fingerprint density at radius 2 is 0.952 bits per heavy atom. The molecule has 1 nitrogen and oxygen atoms in total. The Morgan fingerprint density at radius 1 is 0.571 bits per heavy atom. The molecule has 3 rings (SSSR count). The Balaban J connectivity index is 2.26. The lowest BCUT2D eigenvalue weighted by Gasteiger charge is -2.25. The van der Waals surface area contributed by atoms with Crippen LogP contribution in [0.5, 0.6) is 0 Å². The van der Waals surface area contributed by atoms with E-state index >= 15 is 0 Å². The van der Waals surface area contributed by atoms with Crippen molar-refractivity contribution in [3.8, 4) is 0 Å². The summed E-state index contributed by atoms with van der Waals surface area (Å²) in [7, 11) is -2.83. The van der Waals surface area contributed by atoms with E-state index in [0.717, 1.165) is 19.6 Å². The van der Waals surface area contributed by atoms with Gasteiger partial charge in [0.25, 0.3) is 0 Å². The smallest absolute Gasteiger partial charge is 0.0230 e. The Kier molecular flexibility index (Phi) is 3.95. The summed E-state index contributed by atoms with van der Waals surface area (Å²) in [6.07, 6.45) is 0. The van der Waals surface area contributed by atoms with E-state index in [0.29, 0.717) is 0 Å². The SMILES string of the molecule is O=[SH](c1ccccc1)(c1ccccc1)c1ccc(S)cc1. The number of rotatable bonds is 3. The van der Waals surface area contributed by atoms with Crippen LogP contribution in [-0.2, 0) is 9.93 Å². The maximum atomic E-state index is 13.9. The van der Waals surface area contributed by atoms with Crippen molar-refractivity contribution < 1.29 is 4.21 Å². The van der Waals surface area contributed by atoms with Crippen LogP contribution >= 0.6 is 12.6 Å². The summed E-state index contributed by atoms with van der Waals surface area (Å²) in [4.78, 5) is 3.40. The molecule has 0 saturated heterocycles. The molecule has 0 fully saturated rings. The summed E-state index contributed by atoms with van der Waals surface area (Å²) in [5.41, 5.74) is 0. The fraction of sp³-hybridized carbons (Fsp3) is 0. The van der Waals surface area contributed by atoms with Gasteiger partial charge in [-0.25, -0.2) is 0 Å². The standard InChI is InChI=1S/C18H16OS2/c19-21(16-7-3-1-4-8-16,17-9-5-2-6-10-17)18-13-11-15(20)12-14-18/h1-14,20-21H. The Morgan fingerprint density at radius 3 is 1.38 bits per heavy atom. The van der Waals surface area contributed by atoms with E-state index in [-0.39, 0.29) is 0 Å². The lowest BCUT2D eigenvalue weighted by Crippen LogP contribution is -2.13. The maximum Gasteiger partial charge on any atom is 0.0230 e. The van der Waals surface area contributed by atoms with Crippen LogP contribution in [0.25, 0.3) is 0 Å². The van der Waals surface area contributed by atoms with Gasteiger partial charge in [-0.3, -0.25) is 4.21 Å². The lowest BCUT2D eigenvalue weighted by atomic mass is 10.4. The first-order chi connectivity index (χ1) is 10.2. The van der Waals surface area contributed by atoms with Crippen LogP contribution in [0.2, 0.25) is 0 Å². The highest BCUT2D eigenvalue weighted by Gasteiger charge is 2.22. The van der Waals surface area contributed by atoms with Gasteiger partial charge in [0, 0.05) is 19.6 Å². The first kappa shape index (κ1) is 14.1. The molecule has 3 aromatic carbocycles. The Labute approximate surface area is 131 Å². The average Bonchev–Trinajstić information content (AvgIpc) is 2.56. The van der Waals surface area contributed by atoms with Crippen molar-refractivity contribution in [2.24, 2.45) is 0 Å². The van der Waals surface area contributed by atoms with Crippen molar-refractivity contribution in [1.82, 2.24) is 0 Å². The van der Waals surface area contributed by atoms with Crippen molar-refractivity contribution in [3.63, 3.8) is 0 Å². The highest BCUT2D eigenvalue weighted by molar-refractivity contribution is 8.03. The van der Waals surface area contributed by atoms with Crippen molar-refractivity contribution in [3.05, 3.63) is 84.9 Å². The van der Waals surface area contributed by atoms with Crippen LogP contribution in [0, 0.1) is 0 Å². The fourth-order valence-electron chi connectivity index (χ4n) is 2.39. The van der Waals surface area contributed by atoms with Crippen LogP contribution in [0.1, 0.15) is 0 Å². The molecule has 0 atom stereocenters. The van der Waals surface area contributed by atoms with Crippen LogP contribution < -0.4 is 0 Å². The van der Waals surface area contributed by atoms with E-state index in [4.69, 9.17) is 0 Å². The molecule has 0 heterocycles. The predicted molar refractivity (Wildman–Crippen MR) is 90.9 cm³/mol. The molecule has 0 aromatic heterocycles. The summed E-state index contributed by atoms with van der Waals surface area (Å²) in [5.74, 6) is 0. The second-order valence-electron chi connectivity index (χ2n) is 4.80. The minimum atomic E-state index is -2.83. The number of hydrogen-bond donors (Lipinski definition) is 2. The summed E-state index contributed by atoms with van der Waals surface area (Å²) >= 11 is 4.31. The minimum absolute atomic E-state index is 0.831. The van der Waals surface area contributed by atoms with E-state index in [2.05, 4.69) is 12.6 Å². The summed E-state index contributed by atoms with van der Waals surface area (Å²) < 4.78 is 13.9. The largest absolute Gasteiger partial charge is 0.271 e. The monoisotopic (exact) mass is 312 g/mol. The van der Waals surface area contributed by atoms with E-state index in [9.17, 15) is 4.21 Å². The number of thiol groups is 2. The second-order valence-corrected chi connectivity index (χ2v) is 8.08. The molecule has 0 spiro atoms. The molecule has 21 heavy (non-hydrogen) atoms. The van der Waals surface area contributed by atoms with Crippen molar-refractivity contribution in [2.45, 2.75) is 19.6 Å². The molecular formula is C18H16OS2. The van der Waals surface area contributed by atoms with Gasteiger partial charge in [-0.05, 0) is 58.5 Å². The van der Waals surface area contributed by atoms with Gasteiger partial charge >= 0.3 is 0 Å². The fourth-order valence-corrected chi connectivity index (χ4v) is 5.18. The first-order valence-electron chi connectivity index (χ1n) is 6.72. The van der Waals surface area contributed by atoms with Crippen molar-refractivity contribution >= 4 is 22.6 Å². The third kappa shape index (κ3) is 2.67. The third-order valence-corrected chi connectivity index (χ3v) is 6.83. The maximum absolute atomic E-state index is 13.9. The quantitative estimate of drug-likeness (QED) is 0.682. The molecule has 3 heteroatoms. The first-order valence-corrected chi connectivity index (χ1v) is 8.87. The van der Waals surface area contributed by atoms with Crippen LogP contribution in [0.4, 0.5) is 0 Å². The third-order valence-electron chi connectivity index (χ3n) is 3.45. The molecule has 0 aliphatic rings. The molecule has 0 bridgehead atoms. The summed E-state index contributed by atoms with van der Waals surface area (Å²) in [5, 5.41) is 0. The minimum Gasteiger partial charge on any atom is -0.271 e. The zero-order valence-electron chi connectivity index (χ0n) is 11.4. The Hall–Kier alpha value is -1.84. The van der Waals surface area contributed by atoms with E-state index in [1.807, 2.05) is 84.9 Å². The van der Waals surface area contributed by atoms with Gasteiger partial charge in [0.15, 0.2) is 0 Å². The van der Waals surface area contributed by atoms with Crippen molar-refractivity contribution in [1.29, 1.82) is 0 Å². The molecule has 0 radical (unpaired) electrons. The Bertz CT molecular complexity index is 722. The normalized spacial score (nSPS) is 12.0. The molecule has 106 valence electrons. The second kappa shape index (κ2) is 5.88. The number of hydrogen-bond acceptors (Lipinski definition) is 2. The van der Waals surface area contributed by atoms with Gasteiger partial charge in [0.05, 0.1) is 0 Å². The molecule has 0 amide bonds.